The lowest BCUT2D eigenvalue weighted by atomic mass is 9.82. The SMILES string of the molecule is CN(CCC(=O)O)C(=O)c1ccc(NC(c2cc3ccccc3o2)C2CCCCC2)cc1. The molecule has 6 heteroatoms. The molecule has 6 nitrogen and oxygen atoms in total. The Kier molecular flexibility index (Phi) is 6.78. The van der Waals surface area contributed by atoms with E-state index in [1.807, 2.05) is 30.3 Å². The van der Waals surface area contributed by atoms with Gasteiger partial charge in [-0.15, -0.1) is 0 Å². The number of rotatable bonds is 8. The maximum Gasteiger partial charge on any atom is 0.305 e. The number of benzene rings is 2. The van der Waals surface area contributed by atoms with Crippen molar-refractivity contribution in [3.05, 3.63) is 65.9 Å². The first-order chi connectivity index (χ1) is 15.5. The van der Waals surface area contributed by atoms with Gasteiger partial charge < -0.3 is 19.7 Å². The van der Waals surface area contributed by atoms with Crippen molar-refractivity contribution in [1.29, 1.82) is 0 Å². The average molecular weight is 435 g/mol. The number of nitrogens with one attached hydrogen (secondary N) is 1. The van der Waals surface area contributed by atoms with Gasteiger partial charge in [0.05, 0.1) is 12.5 Å². The van der Waals surface area contributed by atoms with Gasteiger partial charge >= 0.3 is 5.97 Å². The van der Waals surface area contributed by atoms with Crippen LogP contribution in [0.1, 0.15) is 60.7 Å². The number of hydrogen-bond acceptors (Lipinski definition) is 4. The van der Waals surface area contributed by atoms with Crippen molar-refractivity contribution in [1.82, 2.24) is 4.90 Å². The Morgan fingerprint density at radius 1 is 1.09 bits per heavy atom. The number of aliphatic carboxylic acids is 1. The number of carboxylic acids is 1. The Hall–Kier alpha value is -3.28. The van der Waals surface area contributed by atoms with Crippen molar-refractivity contribution < 1.29 is 19.1 Å². The molecule has 0 radical (unpaired) electrons. The van der Waals surface area contributed by atoms with E-state index in [9.17, 15) is 9.59 Å². The normalized spacial score (nSPS) is 15.4. The maximum absolute atomic E-state index is 12.6. The third-order valence-electron chi connectivity index (χ3n) is 6.33. The number of hydrogen-bond donors (Lipinski definition) is 2. The molecule has 1 aliphatic carbocycles. The number of para-hydroxylation sites is 1. The Labute approximate surface area is 188 Å². The molecule has 0 spiro atoms. The molecule has 0 bridgehead atoms. The molecule has 3 aromatic rings. The van der Waals surface area contributed by atoms with Gasteiger partial charge in [-0.25, -0.2) is 0 Å². The smallest absolute Gasteiger partial charge is 0.305 e. The molecule has 1 amide bonds. The van der Waals surface area contributed by atoms with Crippen molar-refractivity contribution in [2.45, 2.75) is 44.6 Å². The van der Waals surface area contributed by atoms with Crippen LogP contribution in [0.15, 0.2) is 59.0 Å². The van der Waals surface area contributed by atoms with Crippen LogP contribution in [0.2, 0.25) is 0 Å². The van der Waals surface area contributed by atoms with Crippen LogP contribution in [-0.4, -0.2) is 35.5 Å². The first kappa shape index (κ1) is 21.9. The number of fused-ring (bicyclic) bond motifs is 1. The summed E-state index contributed by atoms with van der Waals surface area (Å²) in [4.78, 5) is 24.8. The van der Waals surface area contributed by atoms with E-state index in [2.05, 4.69) is 17.4 Å². The van der Waals surface area contributed by atoms with Crippen LogP contribution in [-0.2, 0) is 4.79 Å². The van der Waals surface area contributed by atoms with Crippen molar-refractivity contribution >= 4 is 28.5 Å². The quantitative estimate of drug-likeness (QED) is 0.474. The van der Waals surface area contributed by atoms with Gasteiger partial charge in [-0.05, 0) is 55.2 Å². The van der Waals surface area contributed by atoms with E-state index in [1.165, 1.54) is 37.0 Å². The predicted octanol–water partition coefficient (Wildman–Crippen LogP) is 5.71. The second kappa shape index (κ2) is 9.90. The first-order valence-corrected chi connectivity index (χ1v) is 11.3. The fourth-order valence-corrected chi connectivity index (χ4v) is 4.52. The monoisotopic (exact) mass is 434 g/mol. The summed E-state index contributed by atoms with van der Waals surface area (Å²) in [5.41, 5.74) is 2.38. The number of anilines is 1. The van der Waals surface area contributed by atoms with Crippen molar-refractivity contribution in [2.75, 3.05) is 18.9 Å². The van der Waals surface area contributed by atoms with Gasteiger partial charge in [-0.1, -0.05) is 37.5 Å². The maximum atomic E-state index is 12.6. The minimum Gasteiger partial charge on any atom is -0.481 e. The van der Waals surface area contributed by atoms with Crippen LogP contribution in [0.25, 0.3) is 11.0 Å². The molecule has 0 saturated heterocycles. The van der Waals surface area contributed by atoms with E-state index in [-0.39, 0.29) is 24.9 Å². The van der Waals surface area contributed by atoms with Crippen molar-refractivity contribution in [3.8, 4) is 0 Å². The van der Waals surface area contributed by atoms with Crippen LogP contribution in [0, 0.1) is 5.92 Å². The lowest BCUT2D eigenvalue weighted by molar-refractivity contribution is -0.137. The molecule has 1 fully saturated rings. The minimum atomic E-state index is -0.913. The van der Waals surface area contributed by atoms with Crippen LogP contribution < -0.4 is 5.32 Å². The van der Waals surface area contributed by atoms with Gasteiger partial charge in [0.1, 0.15) is 11.3 Å². The van der Waals surface area contributed by atoms with E-state index in [0.29, 0.717) is 11.5 Å². The predicted molar refractivity (Wildman–Crippen MR) is 125 cm³/mol. The molecule has 1 aromatic heterocycles. The summed E-state index contributed by atoms with van der Waals surface area (Å²) in [6.45, 7) is 0.184. The van der Waals surface area contributed by atoms with Crippen LogP contribution in [0.3, 0.4) is 0 Å². The Morgan fingerprint density at radius 3 is 2.50 bits per heavy atom. The Balaban J connectivity index is 1.51. The van der Waals surface area contributed by atoms with E-state index in [0.717, 1.165) is 22.4 Å². The highest BCUT2D eigenvalue weighted by atomic mass is 16.4. The Bertz CT molecular complexity index is 1030. The fraction of sp³-hybridized carbons (Fsp3) is 0.385. The van der Waals surface area contributed by atoms with Crippen molar-refractivity contribution in [2.24, 2.45) is 5.92 Å². The molecule has 32 heavy (non-hydrogen) atoms. The van der Waals surface area contributed by atoms with Crippen LogP contribution in [0.4, 0.5) is 5.69 Å². The molecule has 1 heterocycles. The zero-order chi connectivity index (χ0) is 22.5. The number of carboxylic acid groups (broad SMARTS) is 1. The molecule has 168 valence electrons. The second-order valence-electron chi connectivity index (χ2n) is 8.65. The number of amides is 1. The van der Waals surface area contributed by atoms with Gasteiger partial charge in [0.25, 0.3) is 5.91 Å². The zero-order valence-corrected chi connectivity index (χ0v) is 18.4. The summed E-state index contributed by atoms with van der Waals surface area (Å²) in [6.07, 6.45) is 6.02. The van der Waals surface area contributed by atoms with Gasteiger partial charge in [0.2, 0.25) is 0 Å². The van der Waals surface area contributed by atoms with E-state index >= 15 is 0 Å². The molecule has 2 N–H and O–H groups in total. The summed E-state index contributed by atoms with van der Waals surface area (Å²) in [6, 6.07) is 17.7. The van der Waals surface area contributed by atoms with Gasteiger partial charge in [-0.3, -0.25) is 9.59 Å². The molecular weight excluding hydrogens is 404 g/mol. The molecule has 1 aliphatic rings. The van der Waals surface area contributed by atoms with Crippen molar-refractivity contribution in [3.63, 3.8) is 0 Å². The van der Waals surface area contributed by atoms with E-state index < -0.39 is 5.97 Å². The highest BCUT2D eigenvalue weighted by Crippen LogP contribution is 2.38. The zero-order valence-electron chi connectivity index (χ0n) is 18.4. The van der Waals surface area contributed by atoms with Gasteiger partial charge in [0.15, 0.2) is 0 Å². The standard InChI is InChI=1S/C26H30N2O4/c1-28(16-15-24(29)30)26(31)19-11-13-21(14-12-19)27-25(18-7-3-2-4-8-18)23-17-20-9-5-6-10-22(20)32-23/h5-6,9-14,17-18,25,27H,2-4,7-8,15-16H2,1H3,(H,29,30). The van der Waals surface area contributed by atoms with Crippen LogP contribution in [0.5, 0.6) is 0 Å². The molecular formula is C26H30N2O4. The summed E-state index contributed by atoms with van der Waals surface area (Å²) >= 11 is 0. The summed E-state index contributed by atoms with van der Waals surface area (Å²) < 4.78 is 6.22. The van der Waals surface area contributed by atoms with Crippen LogP contribution >= 0.6 is 0 Å². The highest BCUT2D eigenvalue weighted by molar-refractivity contribution is 5.94. The summed E-state index contributed by atoms with van der Waals surface area (Å²) in [5, 5.41) is 13.6. The topological polar surface area (TPSA) is 82.8 Å². The Morgan fingerprint density at radius 2 is 1.81 bits per heavy atom. The fourth-order valence-electron chi connectivity index (χ4n) is 4.52. The number of nitrogens with zero attached hydrogens (tertiary/aromatic N) is 1. The number of carbonyl (C=O) groups excluding carboxylic acids is 1. The number of furan rings is 1. The lowest BCUT2D eigenvalue weighted by Gasteiger charge is -2.30. The van der Waals surface area contributed by atoms with E-state index in [1.54, 1.807) is 19.2 Å². The molecule has 1 atom stereocenters. The highest BCUT2D eigenvalue weighted by Gasteiger charge is 2.28. The molecule has 0 aliphatic heterocycles. The third kappa shape index (κ3) is 5.13. The summed E-state index contributed by atoms with van der Waals surface area (Å²) in [5.74, 6) is 0.349. The molecule has 2 aromatic carbocycles. The van der Waals surface area contributed by atoms with E-state index in [4.69, 9.17) is 9.52 Å². The number of carbonyl (C=O) groups is 2. The molecule has 4 rings (SSSR count). The van der Waals surface area contributed by atoms with Gasteiger partial charge in [0, 0.05) is 30.2 Å². The largest absolute Gasteiger partial charge is 0.481 e. The third-order valence-corrected chi connectivity index (χ3v) is 6.33. The summed E-state index contributed by atoms with van der Waals surface area (Å²) in [7, 11) is 1.62. The lowest BCUT2D eigenvalue weighted by Crippen LogP contribution is -2.29. The van der Waals surface area contributed by atoms with Gasteiger partial charge in [-0.2, -0.15) is 0 Å². The first-order valence-electron chi connectivity index (χ1n) is 11.3. The average Bonchev–Trinajstić information content (AvgIpc) is 3.25. The molecule has 1 unspecified atom stereocenters. The second-order valence-corrected chi connectivity index (χ2v) is 8.65. The minimum absolute atomic E-state index is 0.0670. The molecule has 1 saturated carbocycles.